The van der Waals surface area contributed by atoms with E-state index in [4.69, 9.17) is 39.9 Å². The minimum atomic E-state index is -0.469. The van der Waals surface area contributed by atoms with Gasteiger partial charge in [0.2, 0.25) is 17.8 Å². The van der Waals surface area contributed by atoms with Crippen LogP contribution < -0.4 is 0 Å². The molecule has 0 amide bonds. The van der Waals surface area contributed by atoms with E-state index >= 15 is 0 Å². The fourth-order valence-electron chi connectivity index (χ4n) is 22.5. The van der Waals surface area contributed by atoms with Crippen molar-refractivity contribution in [1.82, 2.24) is 53.6 Å². The number of aromatic nitrogens is 11. The van der Waals surface area contributed by atoms with E-state index in [9.17, 15) is 0 Å². The van der Waals surface area contributed by atoms with Gasteiger partial charge in [-0.15, -0.1) is 34.0 Å². The van der Waals surface area contributed by atoms with Crippen LogP contribution in [0.15, 0.2) is 485 Å². The summed E-state index contributed by atoms with van der Waals surface area (Å²) in [5, 5.41) is 14.9. The zero-order valence-corrected chi connectivity index (χ0v) is 83.8. The molecule has 1 aliphatic carbocycles. The molecule has 0 saturated carbocycles. The Kier molecular flexibility index (Phi) is 21.4. The van der Waals surface area contributed by atoms with Gasteiger partial charge in [-0.25, -0.2) is 19.9 Å². The van der Waals surface area contributed by atoms with Gasteiger partial charge in [-0.1, -0.05) is 439 Å². The number of benzene rings is 20. The maximum Gasteiger partial charge on any atom is 0.238 e. The van der Waals surface area contributed by atoms with Crippen LogP contribution in [0.5, 0.6) is 0 Å². The van der Waals surface area contributed by atoms with Crippen LogP contribution in [0.1, 0.15) is 48.6 Å². The van der Waals surface area contributed by atoms with Crippen LogP contribution in [0.4, 0.5) is 0 Å². The molecule has 0 N–H and O–H groups in total. The molecule has 0 fully saturated rings. The molecule has 0 unspecified atom stereocenters. The highest BCUT2D eigenvalue weighted by molar-refractivity contribution is 7.28. The number of hydrogen-bond acceptors (Lipinski definition) is 11. The molecule has 702 valence electrons. The van der Waals surface area contributed by atoms with Crippen LogP contribution in [0.25, 0.3) is 245 Å². The molecule has 30 rings (SSSR count). The molecule has 1 aliphatic rings. The van der Waals surface area contributed by atoms with Gasteiger partial charge in [-0.2, -0.15) is 19.9 Å². The Morgan fingerprint density at radius 3 is 1.06 bits per heavy atom. The van der Waals surface area contributed by atoms with Crippen molar-refractivity contribution in [3.8, 4) is 119 Å². The summed E-state index contributed by atoms with van der Waals surface area (Å²) in [6.45, 7) is 6.76. The molecule has 29 aromatic rings. The van der Waals surface area contributed by atoms with E-state index in [1.807, 2.05) is 119 Å². The van der Waals surface area contributed by atoms with Gasteiger partial charge in [0.15, 0.2) is 23.3 Å². The van der Waals surface area contributed by atoms with E-state index in [0.717, 1.165) is 83.3 Å². The number of thiophene rings is 3. The van der Waals surface area contributed by atoms with E-state index in [-0.39, 0.29) is 5.41 Å². The van der Waals surface area contributed by atoms with Crippen LogP contribution in [0.2, 0.25) is 0 Å². The Bertz CT molecular complexity index is 10200. The second kappa shape index (κ2) is 36.1. The largest absolute Gasteiger partial charge is 0.278 e. The van der Waals surface area contributed by atoms with Crippen LogP contribution in [-0.4, -0.2) is 53.6 Å². The first kappa shape index (κ1) is 88.3. The molecule has 0 radical (unpaired) electrons. The molecule has 149 heavy (non-hydrogen) atoms. The molecule has 9 aromatic heterocycles. The molecule has 14 heteroatoms. The minimum absolute atomic E-state index is 0.0934. The zero-order valence-electron chi connectivity index (χ0n) is 81.3. The third-order valence-corrected chi connectivity index (χ3v) is 33.2. The average molecular weight is 1960 g/mol. The van der Waals surface area contributed by atoms with Crippen molar-refractivity contribution in [3.05, 3.63) is 513 Å². The number of hydrogen-bond donors (Lipinski definition) is 0. The lowest BCUT2D eigenvalue weighted by molar-refractivity contribution is 0.590. The highest BCUT2D eigenvalue weighted by atomic mass is 32.1. The molecular formula is C135H89N11S3. The van der Waals surface area contributed by atoms with E-state index in [1.165, 1.54) is 148 Å². The van der Waals surface area contributed by atoms with Crippen LogP contribution in [-0.2, 0) is 10.8 Å². The molecule has 0 atom stereocenters. The van der Waals surface area contributed by atoms with Crippen molar-refractivity contribution in [2.24, 2.45) is 0 Å². The highest BCUT2D eigenvalue weighted by Gasteiger charge is 2.46. The summed E-state index contributed by atoms with van der Waals surface area (Å²) in [6, 6.07) is 170. The molecular weight excluding hydrogens is 1870 g/mol. The molecule has 20 aromatic carbocycles. The fourth-order valence-corrected chi connectivity index (χ4v) is 26.4. The van der Waals surface area contributed by atoms with E-state index in [2.05, 4.69) is 435 Å². The third kappa shape index (κ3) is 14.9. The summed E-state index contributed by atoms with van der Waals surface area (Å²) < 4.78 is 14.4. The molecule has 0 bridgehead atoms. The zero-order chi connectivity index (χ0) is 98.9. The van der Waals surface area contributed by atoms with Crippen LogP contribution in [0, 0.1) is 0 Å². The lowest BCUT2D eigenvalue weighted by Gasteiger charge is -2.34. The predicted octanol–water partition coefficient (Wildman–Crippen LogP) is 35.6. The summed E-state index contributed by atoms with van der Waals surface area (Å²) in [5.41, 5.74) is 27.9. The summed E-state index contributed by atoms with van der Waals surface area (Å²) >= 11 is 5.59. The summed E-state index contributed by atoms with van der Waals surface area (Å²) in [7, 11) is 0. The summed E-state index contributed by atoms with van der Waals surface area (Å²) in [6.07, 6.45) is 1.90. The van der Waals surface area contributed by atoms with Gasteiger partial charge < -0.3 is 0 Å². The Morgan fingerprint density at radius 2 is 0.570 bits per heavy atom. The third-order valence-electron chi connectivity index (χ3n) is 29.5. The van der Waals surface area contributed by atoms with Crippen LogP contribution in [0.3, 0.4) is 0 Å². The standard InChI is InChI=1S/C47H29N3S.C45H28N4S.C43H32N4S/c1-3-13-31(14-4-1)47(32-15-5-2-6-16-32)38-20-10-7-17-33(38)34-24-23-30(29-39(34)47)40-27-28-48-46(49-40)50-41-21-11-8-19-37(41)44-42(50)26-25-36-35-18-9-12-22-43(35)51-45(36)44;1-5-14-29(15-6-1)33-24-25-37-39(28-33)49(45-47-43(31-18-9-3-10-19-31)46-44(48-45)32-20-11-4-12-21-32)38-27-26-36-35-23-13-22-34(30-16-7-2-8-17-30)41(35)50-42(36)40(37)38;1-43(2,3)31-21-18-27(19-22-31)30-20-23-34-36(26-30)47(35-25-24-33-32-16-10-11-17-37(32)48-39(33)38(34)35)42-45-40(28-12-6-4-7-13-28)44-41(46-42)29-14-8-5-9-15-29/h1-29H;1-28H;4-26H,1-3H3. The van der Waals surface area contributed by atoms with Gasteiger partial charge in [-0.3, -0.25) is 13.7 Å². The smallest absolute Gasteiger partial charge is 0.238 e. The van der Waals surface area contributed by atoms with Crippen molar-refractivity contribution in [2.75, 3.05) is 0 Å². The van der Waals surface area contributed by atoms with Gasteiger partial charge in [0, 0.05) is 127 Å². The fraction of sp³-hybridized carbons (Fsp3) is 0.0370. The maximum absolute atomic E-state index is 5.33. The van der Waals surface area contributed by atoms with Gasteiger partial charge in [0.05, 0.1) is 44.2 Å². The second-order valence-electron chi connectivity index (χ2n) is 39.1. The van der Waals surface area contributed by atoms with E-state index < -0.39 is 5.41 Å². The lowest BCUT2D eigenvalue weighted by atomic mass is 9.67. The Morgan fingerprint density at radius 1 is 0.215 bits per heavy atom. The molecule has 9 heterocycles. The minimum Gasteiger partial charge on any atom is -0.278 e. The summed E-state index contributed by atoms with van der Waals surface area (Å²) in [4.78, 5) is 41.0. The summed E-state index contributed by atoms with van der Waals surface area (Å²) in [5.74, 6) is 4.42. The molecule has 11 nitrogen and oxygen atoms in total. The number of fused-ring (bicyclic) bond motifs is 24. The lowest BCUT2D eigenvalue weighted by Crippen LogP contribution is -2.28. The van der Waals surface area contributed by atoms with Crippen molar-refractivity contribution >= 4 is 160 Å². The molecule has 0 aliphatic heterocycles. The first-order valence-electron chi connectivity index (χ1n) is 50.3. The van der Waals surface area contributed by atoms with Gasteiger partial charge in [0.1, 0.15) is 0 Å². The highest BCUT2D eigenvalue weighted by Crippen LogP contribution is 2.58. The first-order chi connectivity index (χ1) is 73.5. The van der Waals surface area contributed by atoms with Crippen molar-refractivity contribution in [3.63, 3.8) is 0 Å². The Labute approximate surface area is 870 Å². The predicted molar refractivity (Wildman–Crippen MR) is 623 cm³/mol. The molecule has 0 saturated heterocycles. The SMILES string of the molecule is CC(C)(C)c1ccc(-c2ccc3c4c5sc6ccccc6c5ccc4n(-c4nc(-c5ccccc5)nc(-c5ccccc5)n4)c3c2)cc1.c1ccc(-c2ccc3c4c5sc6c(-c7ccccc7)cccc6c5ccc4n(-c4nc(-c5ccccc5)nc(-c5ccccc5)n4)c3c2)cc1.c1ccc(C2(c3ccccc3)c3ccccc3-c3ccc(-c4ccnc(-n5c6ccccc6c6c7sc8ccccc8c7ccc65)n4)cc32)cc1. The van der Waals surface area contributed by atoms with E-state index in [1.54, 1.807) is 0 Å². The second-order valence-corrected chi connectivity index (χ2v) is 42.2. The average Bonchev–Trinajstić information content (AvgIpc) is 1.53. The van der Waals surface area contributed by atoms with E-state index in [0.29, 0.717) is 41.1 Å². The van der Waals surface area contributed by atoms with Gasteiger partial charge in [-0.05, 0) is 138 Å². The number of para-hydroxylation sites is 1. The maximum atomic E-state index is 5.33. The Hall–Kier alpha value is -18.4. The van der Waals surface area contributed by atoms with Gasteiger partial charge in [0.25, 0.3) is 0 Å². The normalized spacial score (nSPS) is 12.3. The first-order valence-corrected chi connectivity index (χ1v) is 52.8. The van der Waals surface area contributed by atoms with Crippen molar-refractivity contribution in [1.29, 1.82) is 0 Å². The quantitative estimate of drug-likeness (QED) is 0.112. The molecule has 0 spiro atoms. The monoisotopic (exact) mass is 1960 g/mol. The van der Waals surface area contributed by atoms with Crippen LogP contribution >= 0.6 is 34.0 Å². The number of nitrogens with zero attached hydrogens (tertiary/aromatic N) is 11. The Balaban J connectivity index is 0.000000108. The van der Waals surface area contributed by atoms with Crippen molar-refractivity contribution < 1.29 is 0 Å². The topological polar surface area (TPSA) is 118 Å². The van der Waals surface area contributed by atoms with Gasteiger partial charge >= 0.3 is 0 Å². The van der Waals surface area contributed by atoms with Crippen molar-refractivity contribution in [2.45, 2.75) is 31.6 Å². The number of rotatable bonds is 13.